The highest BCUT2D eigenvalue weighted by Gasteiger charge is 2.57. The summed E-state index contributed by atoms with van der Waals surface area (Å²) in [5.74, 6) is 3.12. The fourth-order valence-corrected chi connectivity index (χ4v) is 7.98. The molecule has 0 amide bonds. The minimum absolute atomic E-state index is 0.228. The van der Waals surface area contributed by atoms with E-state index in [9.17, 15) is 14.7 Å². The van der Waals surface area contributed by atoms with Crippen LogP contribution in [0.3, 0.4) is 0 Å². The van der Waals surface area contributed by atoms with Crippen molar-refractivity contribution in [2.45, 2.75) is 57.7 Å². The number of aliphatic hydroxyl groups is 1. The Bertz CT molecular complexity index is 1660. The third-order valence-electron chi connectivity index (χ3n) is 10.4. The van der Waals surface area contributed by atoms with E-state index in [1.807, 2.05) is 72.8 Å². The molecule has 46 heavy (non-hydrogen) atoms. The lowest BCUT2D eigenvalue weighted by Gasteiger charge is -2.59. The summed E-state index contributed by atoms with van der Waals surface area (Å²) in [5.41, 5.74) is 4.56. The molecule has 4 aliphatic rings. The number of aliphatic hydroxyl groups excluding tert-OH is 1. The van der Waals surface area contributed by atoms with Crippen LogP contribution in [0.15, 0.2) is 97.1 Å². The molecule has 4 fully saturated rings. The van der Waals surface area contributed by atoms with E-state index in [-0.39, 0.29) is 18.2 Å². The molecule has 1 N–H and O–H groups in total. The fraction of sp³-hybridized carbons (Fsp3) is 0.350. The van der Waals surface area contributed by atoms with E-state index in [0.29, 0.717) is 34.5 Å². The molecule has 0 aliphatic heterocycles. The van der Waals surface area contributed by atoms with Crippen LogP contribution in [0, 0.1) is 23.7 Å². The lowest BCUT2D eigenvalue weighted by molar-refractivity contribution is -0.165. The van der Waals surface area contributed by atoms with Crippen LogP contribution >= 0.6 is 0 Å². The van der Waals surface area contributed by atoms with Gasteiger partial charge in [-0.25, -0.2) is 9.59 Å². The number of hydrogen-bond acceptors (Lipinski definition) is 6. The first-order valence-electron chi connectivity index (χ1n) is 16.4. The number of hydrogen-bond donors (Lipinski definition) is 1. The third-order valence-corrected chi connectivity index (χ3v) is 10.4. The van der Waals surface area contributed by atoms with E-state index in [4.69, 9.17) is 14.2 Å². The maximum atomic E-state index is 13.2. The largest absolute Gasteiger partial charge is 0.491 e. The predicted octanol–water partition coefficient (Wildman–Crippen LogP) is 8.37. The fourth-order valence-electron chi connectivity index (χ4n) is 7.98. The molecule has 236 valence electrons. The Morgan fingerprint density at radius 3 is 1.52 bits per heavy atom. The molecule has 0 aromatic heterocycles. The molecule has 0 heterocycles. The lowest BCUT2D eigenvalue weighted by Crippen LogP contribution is -2.58. The van der Waals surface area contributed by atoms with Crippen molar-refractivity contribution in [3.8, 4) is 33.8 Å². The molecule has 6 heteroatoms. The first kappa shape index (κ1) is 30.2. The van der Waals surface area contributed by atoms with E-state index in [1.54, 1.807) is 31.2 Å². The maximum Gasteiger partial charge on any atom is 0.343 e. The Kier molecular flexibility index (Phi) is 8.16. The van der Waals surface area contributed by atoms with Crippen LogP contribution in [0.25, 0.3) is 22.3 Å². The Labute approximate surface area is 270 Å². The number of rotatable bonds is 9. The van der Waals surface area contributed by atoms with Crippen LogP contribution in [-0.2, 0) is 4.74 Å². The minimum Gasteiger partial charge on any atom is -0.491 e. The summed E-state index contributed by atoms with van der Waals surface area (Å²) >= 11 is 0. The van der Waals surface area contributed by atoms with Gasteiger partial charge in [-0.15, -0.1) is 0 Å². The zero-order valence-electron chi connectivity index (χ0n) is 26.4. The second-order valence-electron chi connectivity index (χ2n) is 13.6. The number of benzene rings is 4. The molecule has 4 saturated carbocycles. The Morgan fingerprint density at radius 2 is 1.07 bits per heavy atom. The standard InChI is InChI=1S/C40H40O6/c1-25(41)24-44-36-15-11-30(12-16-36)28-3-7-32(8-4-28)38(42)45-37-17-13-31(14-18-37)29-5-9-33(10-6-29)39(43)46-40(2)34-20-26-19-27(22-34)23-35(40)21-26/h3-18,25-27,34-35,41H,19-24H2,1-2H3. The van der Waals surface area contributed by atoms with Crippen molar-refractivity contribution in [3.63, 3.8) is 0 Å². The highest BCUT2D eigenvalue weighted by molar-refractivity contribution is 5.92. The van der Waals surface area contributed by atoms with Gasteiger partial charge in [0.25, 0.3) is 0 Å². The molecule has 1 atom stereocenters. The number of esters is 2. The van der Waals surface area contributed by atoms with Crippen molar-refractivity contribution >= 4 is 11.9 Å². The van der Waals surface area contributed by atoms with Crippen LogP contribution in [0.5, 0.6) is 11.5 Å². The molecule has 6 nitrogen and oxygen atoms in total. The Morgan fingerprint density at radius 1 is 0.652 bits per heavy atom. The quantitative estimate of drug-likeness (QED) is 0.150. The average molecular weight is 617 g/mol. The molecule has 8 rings (SSSR count). The topological polar surface area (TPSA) is 82.1 Å². The van der Waals surface area contributed by atoms with Gasteiger partial charge in [-0.1, -0.05) is 48.5 Å². The van der Waals surface area contributed by atoms with Gasteiger partial charge >= 0.3 is 11.9 Å². The number of carbonyl (C=O) groups excluding carboxylic acids is 2. The summed E-state index contributed by atoms with van der Waals surface area (Å²) in [5, 5.41) is 9.39. The normalized spacial score (nSPS) is 25.1. The maximum absolute atomic E-state index is 13.2. The molecule has 0 saturated heterocycles. The van der Waals surface area contributed by atoms with E-state index in [0.717, 1.165) is 34.1 Å². The van der Waals surface area contributed by atoms with Gasteiger partial charge in [-0.05, 0) is 140 Å². The molecule has 4 aromatic rings. The van der Waals surface area contributed by atoms with Crippen LogP contribution in [0.4, 0.5) is 0 Å². The summed E-state index contributed by atoms with van der Waals surface area (Å²) in [6.07, 6.45) is 5.65. The average Bonchev–Trinajstić information content (AvgIpc) is 3.07. The monoisotopic (exact) mass is 616 g/mol. The molecule has 1 unspecified atom stereocenters. The third kappa shape index (κ3) is 6.19. The molecule has 4 aliphatic carbocycles. The minimum atomic E-state index is -0.527. The molecule has 0 radical (unpaired) electrons. The molecule has 4 bridgehead atoms. The van der Waals surface area contributed by atoms with Gasteiger partial charge in [0.2, 0.25) is 0 Å². The first-order chi connectivity index (χ1) is 22.2. The lowest BCUT2D eigenvalue weighted by atomic mass is 9.50. The zero-order valence-corrected chi connectivity index (χ0v) is 26.4. The van der Waals surface area contributed by atoms with Gasteiger partial charge in [-0.3, -0.25) is 0 Å². The predicted molar refractivity (Wildman–Crippen MR) is 177 cm³/mol. The van der Waals surface area contributed by atoms with Gasteiger partial charge < -0.3 is 19.3 Å². The van der Waals surface area contributed by atoms with E-state index in [2.05, 4.69) is 6.92 Å². The number of carbonyl (C=O) groups is 2. The van der Waals surface area contributed by atoms with Crippen molar-refractivity contribution in [2.24, 2.45) is 23.7 Å². The van der Waals surface area contributed by atoms with Gasteiger partial charge in [-0.2, -0.15) is 0 Å². The summed E-state index contributed by atoms with van der Waals surface area (Å²) in [6.45, 7) is 4.10. The summed E-state index contributed by atoms with van der Waals surface area (Å²) < 4.78 is 17.4. The molecular formula is C40H40O6. The smallest absolute Gasteiger partial charge is 0.343 e. The highest BCUT2D eigenvalue weighted by atomic mass is 16.6. The van der Waals surface area contributed by atoms with Crippen LogP contribution in [-0.4, -0.2) is 35.4 Å². The van der Waals surface area contributed by atoms with Crippen molar-refractivity contribution in [2.75, 3.05) is 6.61 Å². The zero-order chi connectivity index (χ0) is 31.8. The molecule has 4 aromatic carbocycles. The summed E-state index contributed by atoms with van der Waals surface area (Å²) in [6, 6.07) is 29.8. The van der Waals surface area contributed by atoms with Crippen molar-refractivity contribution in [3.05, 3.63) is 108 Å². The van der Waals surface area contributed by atoms with Crippen LogP contribution in [0.1, 0.15) is 66.7 Å². The van der Waals surface area contributed by atoms with Crippen LogP contribution in [0.2, 0.25) is 0 Å². The van der Waals surface area contributed by atoms with E-state index >= 15 is 0 Å². The summed E-state index contributed by atoms with van der Waals surface area (Å²) in [7, 11) is 0. The molecular weight excluding hydrogens is 576 g/mol. The first-order valence-corrected chi connectivity index (χ1v) is 16.4. The second kappa shape index (κ2) is 12.4. The van der Waals surface area contributed by atoms with Gasteiger partial charge in [0.05, 0.1) is 17.2 Å². The second-order valence-corrected chi connectivity index (χ2v) is 13.6. The Balaban J connectivity index is 0.942. The van der Waals surface area contributed by atoms with Crippen molar-refractivity contribution in [1.82, 2.24) is 0 Å². The number of ether oxygens (including phenoxy) is 3. The molecule has 0 spiro atoms. The van der Waals surface area contributed by atoms with Gasteiger partial charge in [0.15, 0.2) is 0 Å². The Hall–Kier alpha value is -4.42. The highest BCUT2D eigenvalue weighted by Crippen LogP contribution is 2.59. The van der Waals surface area contributed by atoms with E-state index < -0.39 is 12.1 Å². The van der Waals surface area contributed by atoms with E-state index in [1.165, 1.54) is 32.1 Å². The van der Waals surface area contributed by atoms with Gasteiger partial charge in [0.1, 0.15) is 23.7 Å². The summed E-state index contributed by atoms with van der Waals surface area (Å²) in [4.78, 5) is 26.0. The van der Waals surface area contributed by atoms with Crippen molar-refractivity contribution in [1.29, 1.82) is 0 Å². The van der Waals surface area contributed by atoms with Gasteiger partial charge in [0, 0.05) is 0 Å². The van der Waals surface area contributed by atoms with Crippen molar-refractivity contribution < 1.29 is 28.9 Å². The SMILES string of the molecule is CC(O)COc1ccc(-c2ccc(C(=O)Oc3ccc(-c4ccc(C(=O)OC5(C)C6CC7CC(C6)CC5C7)cc4)cc3)cc2)cc1. The van der Waals surface area contributed by atoms with Crippen LogP contribution < -0.4 is 9.47 Å².